The molecule has 1 N–H and O–H groups in total. The van der Waals surface area contributed by atoms with E-state index in [0.29, 0.717) is 42.8 Å². The van der Waals surface area contributed by atoms with Crippen molar-refractivity contribution >= 4 is 45.9 Å². The Morgan fingerprint density at radius 3 is 2.76 bits per heavy atom. The largest absolute Gasteiger partial charge is 0.489 e. The third-order valence-corrected chi connectivity index (χ3v) is 7.68. The number of fused-ring (bicyclic) bond motifs is 4. The minimum atomic E-state index is -1.34. The summed E-state index contributed by atoms with van der Waals surface area (Å²) in [6.45, 7) is 4.75. The number of hydrogen-bond acceptors (Lipinski definition) is 7. The standard InChI is InChI=1S/C26H25ClF2N6O2/c1-2-21(36)35-12-15-3-4-16(35)11-34(15)20-8-6-18-24(33-20)25(31-14-30-18)32-17-5-7-19(22(27)23(17)28)37-13-26(29)9-10-26/h2,5-8,14-16H,1,3-4,9-13H2,(H,30,31,32)/t15?,16-/m0/s1. The maximum atomic E-state index is 15.1. The molecular formula is C26H25ClF2N6O2. The maximum absolute atomic E-state index is 15.1. The number of ether oxygens (including phenoxy) is 1. The predicted octanol–water partition coefficient (Wildman–Crippen LogP) is 4.81. The fourth-order valence-corrected chi connectivity index (χ4v) is 5.25. The molecule has 4 aliphatic rings. The SMILES string of the molecule is C=CC(=O)N1CC2CC[C@H]1CN2c1ccc2ncnc(Nc3ccc(OCC4(F)CC4)c(Cl)c3F)c2n1. The Bertz CT molecular complexity index is 1400. The second-order valence-electron chi connectivity index (χ2n) is 9.80. The summed E-state index contributed by atoms with van der Waals surface area (Å²) in [6.07, 6.45) is 5.52. The van der Waals surface area contributed by atoms with Crippen molar-refractivity contribution in [3.05, 3.63) is 54.1 Å². The topological polar surface area (TPSA) is 83.5 Å². The van der Waals surface area contributed by atoms with Gasteiger partial charge in [0.2, 0.25) is 5.91 Å². The molecule has 7 rings (SSSR count). The van der Waals surface area contributed by atoms with E-state index >= 15 is 4.39 Å². The lowest BCUT2D eigenvalue weighted by Gasteiger charge is -2.51. The molecular weight excluding hydrogens is 502 g/mol. The molecule has 2 aromatic heterocycles. The Kier molecular flexibility index (Phi) is 5.86. The van der Waals surface area contributed by atoms with Crippen molar-refractivity contribution in [1.29, 1.82) is 0 Å². The molecule has 37 heavy (non-hydrogen) atoms. The van der Waals surface area contributed by atoms with Crippen LogP contribution in [-0.4, -0.2) is 63.2 Å². The van der Waals surface area contributed by atoms with Gasteiger partial charge in [-0.3, -0.25) is 4.79 Å². The Hall–Kier alpha value is -3.53. The first-order chi connectivity index (χ1) is 17.8. The van der Waals surface area contributed by atoms with Crippen LogP contribution in [-0.2, 0) is 4.79 Å². The third-order valence-electron chi connectivity index (χ3n) is 7.33. The summed E-state index contributed by atoms with van der Waals surface area (Å²) in [5.41, 5.74) is -0.185. The van der Waals surface area contributed by atoms with Crippen molar-refractivity contribution in [3.63, 3.8) is 0 Å². The highest BCUT2D eigenvalue weighted by molar-refractivity contribution is 6.32. The first-order valence-corrected chi connectivity index (χ1v) is 12.6. The predicted molar refractivity (Wildman–Crippen MR) is 137 cm³/mol. The summed E-state index contributed by atoms with van der Waals surface area (Å²) in [6, 6.07) is 6.97. The van der Waals surface area contributed by atoms with Crippen LogP contribution in [0, 0.1) is 5.82 Å². The van der Waals surface area contributed by atoms with Crippen LogP contribution in [0.1, 0.15) is 25.7 Å². The van der Waals surface area contributed by atoms with Gasteiger partial charge >= 0.3 is 0 Å². The van der Waals surface area contributed by atoms with E-state index in [0.717, 1.165) is 18.7 Å². The van der Waals surface area contributed by atoms with Crippen LogP contribution >= 0.6 is 11.6 Å². The maximum Gasteiger partial charge on any atom is 0.246 e. The smallest absolute Gasteiger partial charge is 0.246 e. The van der Waals surface area contributed by atoms with Gasteiger partial charge < -0.3 is 19.9 Å². The summed E-state index contributed by atoms with van der Waals surface area (Å²) in [5, 5.41) is 2.74. The Labute approximate surface area is 217 Å². The van der Waals surface area contributed by atoms with Crippen molar-refractivity contribution in [2.45, 2.75) is 43.4 Å². The number of benzene rings is 1. The van der Waals surface area contributed by atoms with Crippen molar-refractivity contribution in [1.82, 2.24) is 19.9 Å². The van der Waals surface area contributed by atoms with E-state index in [1.54, 1.807) is 0 Å². The van der Waals surface area contributed by atoms with E-state index in [1.807, 2.05) is 17.0 Å². The Morgan fingerprint density at radius 2 is 2.03 bits per heavy atom. The average Bonchev–Trinajstić information content (AvgIpc) is 3.67. The number of amides is 1. The van der Waals surface area contributed by atoms with Crippen molar-refractivity contribution in [3.8, 4) is 5.75 Å². The van der Waals surface area contributed by atoms with Crippen LogP contribution < -0.4 is 15.0 Å². The van der Waals surface area contributed by atoms with Gasteiger partial charge in [0.15, 0.2) is 11.6 Å². The lowest BCUT2D eigenvalue weighted by atomic mass is 9.90. The summed E-state index contributed by atoms with van der Waals surface area (Å²) in [4.78, 5) is 29.7. The first kappa shape index (κ1) is 23.8. The van der Waals surface area contributed by atoms with E-state index in [4.69, 9.17) is 21.3 Å². The molecule has 3 aliphatic heterocycles. The van der Waals surface area contributed by atoms with Gasteiger partial charge in [-0.25, -0.2) is 23.7 Å². The first-order valence-electron chi connectivity index (χ1n) is 12.2. The molecule has 1 saturated carbocycles. The van der Waals surface area contributed by atoms with Crippen LogP contribution in [0.5, 0.6) is 5.75 Å². The second-order valence-corrected chi connectivity index (χ2v) is 10.2. The summed E-state index contributed by atoms with van der Waals surface area (Å²) < 4.78 is 34.4. The monoisotopic (exact) mass is 526 g/mol. The van der Waals surface area contributed by atoms with Crippen LogP contribution in [0.25, 0.3) is 11.0 Å². The highest BCUT2D eigenvalue weighted by Gasteiger charge is 2.44. The Morgan fingerprint density at radius 1 is 1.22 bits per heavy atom. The van der Waals surface area contributed by atoms with Gasteiger partial charge in [0.1, 0.15) is 40.7 Å². The van der Waals surface area contributed by atoms with Crippen LogP contribution in [0.4, 0.5) is 26.1 Å². The number of nitrogens with one attached hydrogen (secondary N) is 1. The molecule has 1 aromatic carbocycles. The molecule has 4 fully saturated rings. The zero-order chi connectivity index (χ0) is 25.7. The van der Waals surface area contributed by atoms with Gasteiger partial charge in [-0.1, -0.05) is 18.2 Å². The third kappa shape index (κ3) is 4.43. The lowest BCUT2D eigenvalue weighted by molar-refractivity contribution is -0.131. The molecule has 1 unspecified atom stereocenters. The van der Waals surface area contributed by atoms with Crippen molar-refractivity contribution in [2.24, 2.45) is 0 Å². The molecule has 1 amide bonds. The van der Waals surface area contributed by atoms with Gasteiger partial charge in [-0.15, -0.1) is 0 Å². The molecule has 2 bridgehead atoms. The normalized spacial score (nSPS) is 21.7. The molecule has 0 spiro atoms. The minimum Gasteiger partial charge on any atom is -0.489 e. The molecule has 3 saturated heterocycles. The zero-order valence-corrected chi connectivity index (χ0v) is 20.7. The van der Waals surface area contributed by atoms with Gasteiger partial charge in [0.05, 0.1) is 11.2 Å². The quantitative estimate of drug-likeness (QED) is 0.442. The van der Waals surface area contributed by atoms with Crippen molar-refractivity contribution in [2.75, 3.05) is 29.9 Å². The highest BCUT2D eigenvalue weighted by Crippen LogP contribution is 2.41. The van der Waals surface area contributed by atoms with E-state index in [9.17, 15) is 9.18 Å². The molecule has 1 aliphatic carbocycles. The van der Waals surface area contributed by atoms with E-state index in [1.165, 1.54) is 24.5 Å². The fraction of sp³-hybridized carbons (Fsp3) is 0.385. The van der Waals surface area contributed by atoms with Crippen LogP contribution in [0.2, 0.25) is 5.02 Å². The van der Waals surface area contributed by atoms with E-state index in [2.05, 4.69) is 26.8 Å². The van der Waals surface area contributed by atoms with Gasteiger partial charge in [0, 0.05) is 25.2 Å². The molecule has 2 atom stereocenters. The Balaban J connectivity index is 1.26. The number of anilines is 3. The summed E-state index contributed by atoms with van der Waals surface area (Å²) in [5.74, 6) is 0.376. The molecule has 11 heteroatoms. The number of pyridine rings is 1. The summed E-state index contributed by atoms with van der Waals surface area (Å²) in [7, 11) is 0. The number of nitrogens with zero attached hydrogens (tertiary/aromatic N) is 5. The number of carbonyl (C=O) groups is 1. The molecule has 8 nitrogen and oxygen atoms in total. The number of hydrogen-bond donors (Lipinski definition) is 1. The van der Waals surface area contributed by atoms with Gasteiger partial charge in [-0.05, 0) is 56.0 Å². The van der Waals surface area contributed by atoms with Gasteiger partial charge in [-0.2, -0.15) is 0 Å². The van der Waals surface area contributed by atoms with Crippen molar-refractivity contribution < 1.29 is 18.3 Å². The molecule has 0 radical (unpaired) electrons. The number of aromatic nitrogens is 3. The number of carbonyl (C=O) groups excluding carboxylic acids is 1. The number of piperazine rings is 1. The fourth-order valence-electron chi connectivity index (χ4n) is 5.03. The zero-order valence-electron chi connectivity index (χ0n) is 20.0. The highest BCUT2D eigenvalue weighted by atomic mass is 35.5. The molecule has 5 heterocycles. The van der Waals surface area contributed by atoms with Crippen LogP contribution in [0.3, 0.4) is 0 Å². The number of alkyl halides is 1. The number of piperidine rings is 2. The number of rotatable bonds is 7. The molecule has 192 valence electrons. The lowest BCUT2D eigenvalue weighted by Crippen LogP contribution is -2.64. The second kappa shape index (κ2) is 9.09. The van der Waals surface area contributed by atoms with E-state index in [-0.39, 0.29) is 41.1 Å². The van der Waals surface area contributed by atoms with Gasteiger partial charge in [0.25, 0.3) is 0 Å². The minimum absolute atomic E-state index is 0.0467. The van der Waals surface area contributed by atoms with Crippen LogP contribution in [0.15, 0.2) is 43.2 Å². The number of halogens is 3. The van der Waals surface area contributed by atoms with E-state index < -0.39 is 11.5 Å². The average molecular weight is 527 g/mol. The molecule has 3 aromatic rings. The summed E-state index contributed by atoms with van der Waals surface area (Å²) >= 11 is 6.19.